The van der Waals surface area contributed by atoms with Crippen molar-refractivity contribution in [3.8, 4) is 0 Å². The Labute approximate surface area is 97.9 Å². The Morgan fingerprint density at radius 1 is 1.44 bits per heavy atom. The van der Waals surface area contributed by atoms with Gasteiger partial charge in [-0.25, -0.2) is 4.98 Å². The second-order valence-electron chi connectivity index (χ2n) is 4.47. The van der Waals surface area contributed by atoms with E-state index in [1.165, 1.54) is 24.8 Å². The second-order valence-corrected chi connectivity index (χ2v) is 4.47. The molecule has 1 aliphatic rings. The summed E-state index contributed by atoms with van der Waals surface area (Å²) in [5.41, 5.74) is 1.33. The molecule has 1 aliphatic heterocycles. The number of rotatable bonds is 3. The molecule has 0 unspecified atom stereocenters. The molecule has 3 nitrogen and oxygen atoms in total. The van der Waals surface area contributed by atoms with Gasteiger partial charge in [0.15, 0.2) is 0 Å². The fourth-order valence-corrected chi connectivity index (χ4v) is 2.13. The average Bonchev–Trinajstić information content (AvgIpc) is 2.39. The van der Waals surface area contributed by atoms with Gasteiger partial charge in [0.1, 0.15) is 5.82 Å². The van der Waals surface area contributed by atoms with Crippen molar-refractivity contribution in [2.45, 2.75) is 32.2 Å². The zero-order valence-corrected chi connectivity index (χ0v) is 10.2. The molecule has 1 N–H and O–H groups in total. The molecule has 0 radical (unpaired) electrons. The Hall–Kier alpha value is -1.09. The van der Waals surface area contributed by atoms with Crippen LogP contribution in [0.15, 0.2) is 18.3 Å². The number of aromatic nitrogens is 1. The molecule has 0 aromatic carbocycles. The monoisotopic (exact) mass is 219 g/mol. The first-order chi connectivity index (χ1) is 7.81. The van der Waals surface area contributed by atoms with Gasteiger partial charge in [0.2, 0.25) is 0 Å². The van der Waals surface area contributed by atoms with Gasteiger partial charge in [-0.2, -0.15) is 0 Å². The molecule has 0 amide bonds. The lowest BCUT2D eigenvalue weighted by atomic mass is 9.99. The van der Waals surface area contributed by atoms with Gasteiger partial charge < -0.3 is 10.2 Å². The molecular weight excluding hydrogens is 198 g/mol. The molecule has 88 valence electrons. The molecule has 1 atom stereocenters. The van der Waals surface area contributed by atoms with Gasteiger partial charge in [0, 0.05) is 25.8 Å². The van der Waals surface area contributed by atoms with Crippen molar-refractivity contribution in [2.24, 2.45) is 0 Å². The minimum Gasteiger partial charge on any atom is -0.360 e. The van der Waals surface area contributed by atoms with E-state index in [-0.39, 0.29) is 0 Å². The summed E-state index contributed by atoms with van der Waals surface area (Å²) >= 11 is 0. The van der Waals surface area contributed by atoms with Crippen LogP contribution in [-0.4, -0.2) is 25.1 Å². The van der Waals surface area contributed by atoms with E-state index in [9.17, 15) is 0 Å². The van der Waals surface area contributed by atoms with Gasteiger partial charge >= 0.3 is 0 Å². The number of nitrogens with one attached hydrogen (secondary N) is 1. The lowest BCUT2D eigenvalue weighted by molar-refractivity contribution is 0.411. The summed E-state index contributed by atoms with van der Waals surface area (Å²) in [4.78, 5) is 6.66. The Bertz CT molecular complexity index is 314. The average molecular weight is 219 g/mol. The number of piperidine rings is 1. The third-order valence-corrected chi connectivity index (χ3v) is 3.35. The van der Waals surface area contributed by atoms with Crippen LogP contribution in [0.4, 0.5) is 5.82 Å². The van der Waals surface area contributed by atoms with Gasteiger partial charge in [-0.3, -0.25) is 0 Å². The van der Waals surface area contributed by atoms with Crippen molar-refractivity contribution in [1.82, 2.24) is 10.3 Å². The van der Waals surface area contributed by atoms with Crippen LogP contribution in [0.5, 0.6) is 0 Å². The van der Waals surface area contributed by atoms with E-state index in [0.29, 0.717) is 6.04 Å². The number of anilines is 1. The maximum Gasteiger partial charge on any atom is 0.128 e. The number of pyridine rings is 1. The minimum atomic E-state index is 0.516. The van der Waals surface area contributed by atoms with Crippen LogP contribution >= 0.6 is 0 Å². The van der Waals surface area contributed by atoms with E-state index < -0.39 is 0 Å². The Balaban J connectivity index is 2.06. The Kier molecular flexibility index (Phi) is 3.78. The van der Waals surface area contributed by atoms with Gasteiger partial charge in [-0.15, -0.1) is 0 Å². The van der Waals surface area contributed by atoms with Crippen molar-refractivity contribution < 1.29 is 0 Å². The first-order valence-electron chi connectivity index (χ1n) is 6.21. The normalized spacial score (nSPS) is 20.8. The van der Waals surface area contributed by atoms with Gasteiger partial charge in [-0.05, 0) is 37.9 Å². The molecule has 2 rings (SSSR count). The second kappa shape index (κ2) is 5.30. The maximum absolute atomic E-state index is 4.51. The Morgan fingerprint density at radius 2 is 2.31 bits per heavy atom. The smallest absolute Gasteiger partial charge is 0.128 e. The highest BCUT2D eigenvalue weighted by molar-refractivity contribution is 5.38. The zero-order chi connectivity index (χ0) is 11.4. The molecule has 0 bridgehead atoms. The summed E-state index contributed by atoms with van der Waals surface area (Å²) < 4.78 is 0. The van der Waals surface area contributed by atoms with Crippen LogP contribution in [-0.2, 0) is 0 Å². The maximum atomic E-state index is 4.51. The lowest BCUT2D eigenvalue weighted by Gasteiger charge is -2.24. The zero-order valence-electron chi connectivity index (χ0n) is 10.2. The third kappa shape index (κ3) is 2.53. The van der Waals surface area contributed by atoms with Crippen LogP contribution in [0.25, 0.3) is 0 Å². The van der Waals surface area contributed by atoms with E-state index in [1.54, 1.807) is 0 Å². The van der Waals surface area contributed by atoms with Gasteiger partial charge in [-0.1, -0.05) is 12.5 Å². The Morgan fingerprint density at radius 3 is 2.88 bits per heavy atom. The number of nitrogens with zero attached hydrogens (tertiary/aromatic N) is 2. The number of hydrogen-bond acceptors (Lipinski definition) is 3. The summed E-state index contributed by atoms with van der Waals surface area (Å²) in [6.07, 6.45) is 5.89. The molecular formula is C13H21N3. The van der Waals surface area contributed by atoms with Gasteiger partial charge in [0.25, 0.3) is 0 Å². The first-order valence-corrected chi connectivity index (χ1v) is 6.21. The minimum absolute atomic E-state index is 0.516. The molecule has 1 aromatic rings. The summed E-state index contributed by atoms with van der Waals surface area (Å²) in [6, 6.07) is 4.84. The van der Waals surface area contributed by atoms with Crippen molar-refractivity contribution in [3.05, 3.63) is 23.9 Å². The molecule has 1 fully saturated rings. The van der Waals surface area contributed by atoms with Crippen LogP contribution in [0.3, 0.4) is 0 Å². The van der Waals surface area contributed by atoms with Crippen molar-refractivity contribution in [1.29, 1.82) is 0 Å². The van der Waals surface area contributed by atoms with Gasteiger partial charge in [0.05, 0.1) is 0 Å². The third-order valence-electron chi connectivity index (χ3n) is 3.35. The highest BCUT2D eigenvalue weighted by atomic mass is 15.1. The van der Waals surface area contributed by atoms with Crippen molar-refractivity contribution in [3.63, 3.8) is 0 Å². The summed E-state index contributed by atoms with van der Waals surface area (Å²) in [7, 11) is 2.07. The quantitative estimate of drug-likeness (QED) is 0.846. The standard InChI is InChI=1S/C13H21N3/c1-3-16(2)13-8-7-11(10-15-13)12-6-4-5-9-14-12/h7-8,10,12,14H,3-6,9H2,1-2H3/t12-/m1/s1. The SMILES string of the molecule is CCN(C)c1ccc([C@H]2CCCCN2)cn1. The first kappa shape index (κ1) is 11.4. The largest absolute Gasteiger partial charge is 0.360 e. The molecule has 1 saturated heterocycles. The lowest BCUT2D eigenvalue weighted by Crippen LogP contribution is -2.27. The van der Waals surface area contributed by atoms with Crippen LogP contribution in [0.1, 0.15) is 37.8 Å². The fraction of sp³-hybridized carbons (Fsp3) is 0.615. The van der Waals surface area contributed by atoms with E-state index in [2.05, 4.69) is 41.3 Å². The van der Waals surface area contributed by atoms with E-state index in [4.69, 9.17) is 0 Å². The van der Waals surface area contributed by atoms with E-state index >= 15 is 0 Å². The van der Waals surface area contributed by atoms with E-state index in [0.717, 1.165) is 18.9 Å². The van der Waals surface area contributed by atoms with Crippen molar-refractivity contribution in [2.75, 3.05) is 25.0 Å². The summed E-state index contributed by atoms with van der Waals surface area (Å²) in [6.45, 7) is 4.27. The molecule has 1 aromatic heterocycles. The fourth-order valence-electron chi connectivity index (χ4n) is 2.13. The molecule has 2 heterocycles. The molecule has 16 heavy (non-hydrogen) atoms. The molecule has 3 heteroatoms. The van der Waals surface area contributed by atoms with Crippen molar-refractivity contribution >= 4 is 5.82 Å². The van der Waals surface area contributed by atoms with Crippen LogP contribution < -0.4 is 10.2 Å². The summed E-state index contributed by atoms with van der Waals surface area (Å²) in [5.74, 6) is 1.06. The highest BCUT2D eigenvalue weighted by Crippen LogP contribution is 2.23. The predicted molar refractivity (Wildman–Crippen MR) is 67.8 cm³/mol. The van der Waals surface area contributed by atoms with Crippen LogP contribution in [0, 0.1) is 0 Å². The van der Waals surface area contributed by atoms with Crippen LogP contribution in [0.2, 0.25) is 0 Å². The molecule has 0 saturated carbocycles. The predicted octanol–water partition coefficient (Wildman–Crippen LogP) is 2.35. The van der Waals surface area contributed by atoms with E-state index in [1.807, 2.05) is 6.20 Å². The summed E-state index contributed by atoms with van der Waals surface area (Å²) in [5, 5.41) is 3.54. The molecule has 0 spiro atoms. The highest BCUT2D eigenvalue weighted by Gasteiger charge is 2.14. The number of hydrogen-bond donors (Lipinski definition) is 1. The topological polar surface area (TPSA) is 28.2 Å². The molecule has 0 aliphatic carbocycles.